The van der Waals surface area contributed by atoms with Gasteiger partial charge < -0.3 is 17.4 Å². The molecule has 0 aromatic rings. The molecule has 0 N–H and O–H groups in total. The number of ether oxygens (including phenoxy) is 1. The highest BCUT2D eigenvalue weighted by molar-refractivity contribution is 6.79. The topological polar surface area (TPSA) is 40.2 Å². The van der Waals surface area contributed by atoms with Gasteiger partial charge >= 0.3 is 17.8 Å². The molecule has 2 aliphatic rings. The third-order valence-corrected chi connectivity index (χ3v) is 13.1. The van der Waals surface area contributed by atoms with Crippen LogP contribution in [0.3, 0.4) is 0 Å². The van der Waals surface area contributed by atoms with Crippen LogP contribution < -0.4 is 0 Å². The second kappa shape index (κ2) is 8.60. The van der Waals surface area contributed by atoms with Gasteiger partial charge in [-0.3, -0.25) is 0 Å². The van der Waals surface area contributed by atoms with E-state index in [2.05, 4.69) is 45.8 Å². The number of rotatable bonds is 10. The van der Waals surface area contributed by atoms with Gasteiger partial charge in [0.15, 0.2) is 8.32 Å². The molecule has 24 heavy (non-hydrogen) atoms. The summed E-state index contributed by atoms with van der Waals surface area (Å²) in [6.45, 7) is 15.7. The zero-order valence-electron chi connectivity index (χ0n) is 16.6. The van der Waals surface area contributed by atoms with Crippen molar-refractivity contribution in [1.82, 2.24) is 0 Å². The highest BCUT2D eigenvalue weighted by atomic mass is 28.5. The highest BCUT2D eigenvalue weighted by Crippen LogP contribution is 2.41. The van der Waals surface area contributed by atoms with Crippen LogP contribution in [0.4, 0.5) is 0 Å². The molecule has 3 atom stereocenters. The van der Waals surface area contributed by atoms with Gasteiger partial charge in [-0.25, -0.2) is 0 Å². The average Bonchev–Trinajstić information content (AvgIpc) is 3.19. The standard InChI is InChI=1S/C16H36O4Si4/c1-21(2)13-17-24(6,7)20-22(19-23(3,4)5)11-10-14-8-9-15-16(12-14)18-15/h14-16H,8-13H2,1-7H3. The summed E-state index contributed by atoms with van der Waals surface area (Å²) >= 11 is 0. The third-order valence-electron chi connectivity index (χ3n) is 4.36. The van der Waals surface area contributed by atoms with Gasteiger partial charge in [-0.1, -0.05) is 13.1 Å². The Morgan fingerprint density at radius 2 is 1.71 bits per heavy atom. The molecule has 0 aromatic carbocycles. The Hall–Kier alpha value is 0.708. The van der Waals surface area contributed by atoms with E-state index in [4.69, 9.17) is 17.4 Å². The molecule has 1 aliphatic carbocycles. The first-order chi connectivity index (χ1) is 11.0. The summed E-state index contributed by atoms with van der Waals surface area (Å²) in [6.07, 6.45) is 7.11. The second-order valence-electron chi connectivity index (χ2n) is 9.01. The van der Waals surface area contributed by atoms with E-state index in [-0.39, 0.29) is 8.80 Å². The monoisotopic (exact) mass is 404 g/mol. The van der Waals surface area contributed by atoms with Crippen LogP contribution in [0, 0.1) is 5.92 Å². The van der Waals surface area contributed by atoms with Gasteiger partial charge in [0.05, 0.1) is 21.0 Å². The molecular weight excluding hydrogens is 369 g/mol. The molecule has 1 saturated heterocycles. The fourth-order valence-corrected chi connectivity index (χ4v) is 12.9. The predicted molar refractivity (Wildman–Crippen MR) is 108 cm³/mol. The van der Waals surface area contributed by atoms with Crippen LogP contribution in [0.15, 0.2) is 0 Å². The average molecular weight is 405 g/mol. The van der Waals surface area contributed by atoms with E-state index in [0.717, 1.165) is 18.2 Å². The predicted octanol–water partition coefficient (Wildman–Crippen LogP) is 4.31. The Morgan fingerprint density at radius 1 is 1.00 bits per heavy atom. The van der Waals surface area contributed by atoms with E-state index in [1.807, 2.05) is 0 Å². The molecule has 1 heterocycles. The second-order valence-corrected chi connectivity index (χ2v) is 21.9. The van der Waals surface area contributed by atoms with Crippen LogP contribution in [0.1, 0.15) is 25.7 Å². The third kappa shape index (κ3) is 7.94. The first-order valence-corrected chi connectivity index (χ1v) is 19.8. The summed E-state index contributed by atoms with van der Waals surface area (Å²) in [5.74, 6) is 0.800. The molecular formula is C16H36O4Si4. The van der Waals surface area contributed by atoms with Crippen molar-refractivity contribution in [2.24, 2.45) is 5.92 Å². The molecule has 0 bridgehead atoms. The van der Waals surface area contributed by atoms with E-state index in [9.17, 15) is 0 Å². The largest absolute Gasteiger partial charge is 0.436 e. The van der Waals surface area contributed by atoms with Crippen molar-refractivity contribution in [3.05, 3.63) is 0 Å². The van der Waals surface area contributed by atoms with Crippen LogP contribution in [-0.4, -0.2) is 53.4 Å². The molecule has 0 aromatic heterocycles. The SMILES string of the molecule is C[Si](C)CO[Si](C)(C)O[Si](CCC1CCC2OC2C1)O[Si](C)(C)C. The molecule has 2 rings (SSSR count). The molecule has 8 heteroatoms. The minimum atomic E-state index is -2.08. The number of epoxide rings is 1. The quantitative estimate of drug-likeness (QED) is 0.402. The summed E-state index contributed by atoms with van der Waals surface area (Å²) < 4.78 is 24.8. The van der Waals surface area contributed by atoms with Crippen molar-refractivity contribution in [3.8, 4) is 0 Å². The van der Waals surface area contributed by atoms with Crippen LogP contribution >= 0.6 is 0 Å². The van der Waals surface area contributed by atoms with Crippen molar-refractivity contribution in [2.45, 2.75) is 89.8 Å². The van der Waals surface area contributed by atoms with Crippen LogP contribution in [0.2, 0.25) is 51.9 Å². The number of fused-ring (bicyclic) bond motifs is 1. The van der Waals surface area contributed by atoms with Crippen LogP contribution in [-0.2, 0) is 17.4 Å². The van der Waals surface area contributed by atoms with Crippen molar-refractivity contribution < 1.29 is 17.4 Å². The van der Waals surface area contributed by atoms with Gasteiger partial charge in [0.2, 0.25) is 0 Å². The Bertz CT molecular complexity index is 400. The molecule has 0 spiro atoms. The van der Waals surface area contributed by atoms with E-state index in [1.54, 1.807) is 0 Å². The molecule has 2 fully saturated rings. The molecule has 1 aliphatic heterocycles. The zero-order valence-corrected chi connectivity index (χ0v) is 20.6. The maximum Gasteiger partial charge on any atom is 0.364 e. The Balaban J connectivity index is 1.83. The molecule has 140 valence electrons. The minimum Gasteiger partial charge on any atom is -0.436 e. The van der Waals surface area contributed by atoms with Gasteiger partial charge in [-0.2, -0.15) is 0 Å². The first-order valence-electron chi connectivity index (χ1n) is 9.36. The maximum atomic E-state index is 6.51. The fraction of sp³-hybridized carbons (Fsp3) is 1.00. The van der Waals surface area contributed by atoms with E-state index >= 15 is 0 Å². The summed E-state index contributed by atoms with van der Waals surface area (Å²) in [7, 11) is -5.28. The first kappa shape index (κ1) is 21.0. The Labute approximate surface area is 154 Å². The Kier molecular flexibility index (Phi) is 7.53. The molecule has 3 unspecified atom stereocenters. The van der Waals surface area contributed by atoms with Gasteiger partial charge in [-0.15, -0.1) is 0 Å². The van der Waals surface area contributed by atoms with E-state index in [1.165, 1.54) is 25.7 Å². The van der Waals surface area contributed by atoms with Crippen molar-refractivity contribution in [1.29, 1.82) is 0 Å². The van der Waals surface area contributed by atoms with Crippen molar-refractivity contribution in [2.75, 3.05) is 6.23 Å². The molecule has 1 saturated carbocycles. The molecule has 4 nitrogen and oxygen atoms in total. The highest BCUT2D eigenvalue weighted by Gasteiger charge is 2.44. The lowest BCUT2D eigenvalue weighted by Gasteiger charge is -2.32. The lowest BCUT2D eigenvalue weighted by Crippen LogP contribution is -2.47. The van der Waals surface area contributed by atoms with Crippen molar-refractivity contribution in [3.63, 3.8) is 0 Å². The fourth-order valence-electron chi connectivity index (χ4n) is 3.16. The summed E-state index contributed by atoms with van der Waals surface area (Å²) in [6, 6.07) is 1.09. The zero-order chi connectivity index (χ0) is 18.0. The number of hydrogen-bond acceptors (Lipinski definition) is 4. The molecule has 0 amide bonds. The Morgan fingerprint density at radius 3 is 2.29 bits per heavy atom. The van der Waals surface area contributed by atoms with Gasteiger partial charge in [0, 0.05) is 6.23 Å². The maximum absolute atomic E-state index is 6.51. The molecule has 2 radical (unpaired) electrons. The summed E-state index contributed by atoms with van der Waals surface area (Å²) in [5, 5.41) is 0. The van der Waals surface area contributed by atoms with E-state index in [0.29, 0.717) is 12.2 Å². The van der Waals surface area contributed by atoms with Crippen LogP contribution in [0.5, 0.6) is 0 Å². The summed E-state index contributed by atoms with van der Waals surface area (Å²) in [4.78, 5) is 0. The van der Waals surface area contributed by atoms with Crippen molar-refractivity contribution >= 4 is 35.0 Å². The van der Waals surface area contributed by atoms with Gasteiger partial charge in [-0.05, 0) is 70.4 Å². The summed E-state index contributed by atoms with van der Waals surface area (Å²) in [5.41, 5.74) is 0. The smallest absolute Gasteiger partial charge is 0.364 e. The normalized spacial score (nSPS) is 27.6. The van der Waals surface area contributed by atoms with Gasteiger partial charge in [0.1, 0.15) is 0 Å². The lowest BCUT2D eigenvalue weighted by atomic mass is 9.88. The van der Waals surface area contributed by atoms with Gasteiger partial charge in [0.25, 0.3) is 0 Å². The van der Waals surface area contributed by atoms with E-state index < -0.39 is 26.2 Å². The lowest BCUT2D eigenvalue weighted by molar-refractivity contribution is 0.269. The minimum absolute atomic E-state index is 0.370. The van der Waals surface area contributed by atoms with Crippen LogP contribution in [0.25, 0.3) is 0 Å². The number of hydrogen-bond donors (Lipinski definition) is 0.